The number of carbonyl (C=O) groups excluding carboxylic acids is 3. The van der Waals surface area contributed by atoms with Crippen LogP contribution in [0.4, 0.5) is 15.3 Å². The summed E-state index contributed by atoms with van der Waals surface area (Å²) in [5.41, 5.74) is 9.50. The number of alkyl carbamates (subject to hydrolysis) is 1. The Morgan fingerprint density at radius 1 is 0.840 bits per heavy atom. The van der Waals surface area contributed by atoms with E-state index in [4.69, 9.17) is 10.5 Å². The summed E-state index contributed by atoms with van der Waals surface area (Å²) in [6, 6.07) is 23.6. The maximum Gasteiger partial charge on any atom is 0.407 e. The Hall–Kier alpha value is -5.49. The fourth-order valence-electron chi connectivity index (χ4n) is 5.44. The molecule has 0 bridgehead atoms. The van der Waals surface area contributed by atoms with Crippen LogP contribution in [0.25, 0.3) is 0 Å². The van der Waals surface area contributed by atoms with Crippen LogP contribution in [0.15, 0.2) is 104 Å². The number of hydrogen-bond acceptors (Lipinski definition) is 8. The fraction of sp³-hybridized carbons (Fsp3) is 0.342. The average molecular weight is 682 g/mol. The largest absolute Gasteiger partial charge is 0.445 e. The maximum atomic E-state index is 13.8. The molecule has 2 aromatic carbocycles. The van der Waals surface area contributed by atoms with Crippen LogP contribution in [0.3, 0.4) is 0 Å². The zero-order valence-corrected chi connectivity index (χ0v) is 28.7. The lowest BCUT2D eigenvalue weighted by molar-refractivity contribution is -0.124. The van der Waals surface area contributed by atoms with Crippen molar-refractivity contribution in [2.24, 2.45) is 5.92 Å². The normalized spacial score (nSPS) is 13.4. The van der Waals surface area contributed by atoms with E-state index < -0.39 is 36.4 Å². The lowest BCUT2D eigenvalue weighted by Crippen LogP contribution is -2.55. The summed E-state index contributed by atoms with van der Waals surface area (Å²) >= 11 is 0. The van der Waals surface area contributed by atoms with Gasteiger partial charge in [0.1, 0.15) is 12.6 Å². The van der Waals surface area contributed by atoms with Crippen LogP contribution in [0, 0.1) is 5.92 Å². The highest BCUT2D eigenvalue weighted by atomic mass is 16.5. The summed E-state index contributed by atoms with van der Waals surface area (Å²) in [5, 5.41) is 20.5. The van der Waals surface area contributed by atoms with E-state index in [2.05, 4.69) is 25.9 Å². The highest BCUT2D eigenvalue weighted by Crippen LogP contribution is 2.16. The number of ether oxygens (including phenoxy) is 1. The summed E-state index contributed by atoms with van der Waals surface area (Å²) < 4.78 is 5.44. The van der Waals surface area contributed by atoms with Crippen molar-refractivity contribution in [2.75, 3.05) is 12.8 Å². The second-order valence-electron chi connectivity index (χ2n) is 12.7. The summed E-state index contributed by atoms with van der Waals surface area (Å²) in [6.07, 6.45) is 3.88. The number of benzene rings is 2. The van der Waals surface area contributed by atoms with Crippen LogP contribution in [0.2, 0.25) is 0 Å². The molecule has 4 aromatic rings. The van der Waals surface area contributed by atoms with Crippen molar-refractivity contribution in [3.8, 4) is 0 Å². The van der Waals surface area contributed by atoms with Gasteiger partial charge in [-0.05, 0) is 54.5 Å². The molecule has 0 aliphatic heterocycles. The predicted molar refractivity (Wildman–Crippen MR) is 191 cm³/mol. The number of rotatable bonds is 16. The highest BCUT2D eigenvalue weighted by Gasteiger charge is 2.31. The van der Waals surface area contributed by atoms with Crippen LogP contribution in [-0.4, -0.2) is 69.3 Å². The van der Waals surface area contributed by atoms with Crippen LogP contribution >= 0.6 is 0 Å². The molecular weight excluding hydrogens is 634 g/mol. The van der Waals surface area contributed by atoms with Gasteiger partial charge in [0.15, 0.2) is 0 Å². The second-order valence-corrected chi connectivity index (χ2v) is 12.7. The van der Waals surface area contributed by atoms with E-state index in [9.17, 15) is 19.5 Å². The summed E-state index contributed by atoms with van der Waals surface area (Å²) in [5.74, 6) is -0.629. The molecule has 0 spiro atoms. The molecule has 6 N–H and O–H groups in total. The van der Waals surface area contributed by atoms with Crippen LogP contribution in [0.1, 0.15) is 42.7 Å². The van der Waals surface area contributed by atoms with Crippen LogP contribution < -0.4 is 21.7 Å². The van der Waals surface area contributed by atoms with E-state index in [1.807, 2.05) is 74.5 Å². The van der Waals surface area contributed by atoms with E-state index in [0.29, 0.717) is 24.2 Å². The smallest absolute Gasteiger partial charge is 0.407 e. The molecule has 4 rings (SSSR count). The van der Waals surface area contributed by atoms with E-state index in [-0.39, 0.29) is 31.4 Å². The molecule has 0 fully saturated rings. The SMILES string of the molecule is CC(C)C(NC(=O)N(C)Cc1ccc(N)cn1)C(=O)N[C@@H](Cc1ccccc1)C[C@H](O)[C@H](Cc1ccccc1)NC(=O)OCc1cccnc1. The number of aliphatic hydroxyl groups excluding tert-OH is 1. The molecule has 0 saturated carbocycles. The van der Waals surface area contributed by atoms with Crippen LogP contribution in [-0.2, 0) is 35.5 Å². The van der Waals surface area contributed by atoms with Gasteiger partial charge in [0.05, 0.1) is 36.3 Å². The van der Waals surface area contributed by atoms with Crippen LogP contribution in [0.5, 0.6) is 0 Å². The lowest BCUT2D eigenvalue weighted by Gasteiger charge is -2.30. The second kappa shape index (κ2) is 18.9. The monoisotopic (exact) mass is 681 g/mol. The quantitative estimate of drug-likeness (QED) is 0.117. The van der Waals surface area contributed by atoms with Crippen molar-refractivity contribution in [1.82, 2.24) is 30.8 Å². The topological polar surface area (TPSA) is 172 Å². The first-order chi connectivity index (χ1) is 24.1. The summed E-state index contributed by atoms with van der Waals surface area (Å²) in [6.45, 7) is 3.95. The molecule has 12 nitrogen and oxygen atoms in total. The minimum Gasteiger partial charge on any atom is -0.445 e. The molecule has 0 aliphatic rings. The number of nitrogen functional groups attached to an aromatic ring is 1. The zero-order valence-electron chi connectivity index (χ0n) is 28.7. The Labute approximate surface area is 293 Å². The Morgan fingerprint density at radius 2 is 1.50 bits per heavy atom. The first-order valence-electron chi connectivity index (χ1n) is 16.7. The number of amides is 4. The molecule has 12 heteroatoms. The Balaban J connectivity index is 1.47. The lowest BCUT2D eigenvalue weighted by atomic mass is 9.93. The number of hydrogen-bond donors (Lipinski definition) is 5. The third-order valence-electron chi connectivity index (χ3n) is 8.18. The zero-order chi connectivity index (χ0) is 35.9. The van der Waals surface area contributed by atoms with Crippen molar-refractivity contribution >= 4 is 23.7 Å². The molecule has 4 amide bonds. The van der Waals surface area contributed by atoms with E-state index in [1.165, 1.54) is 11.1 Å². The molecule has 0 aliphatic carbocycles. The Kier molecular flexibility index (Phi) is 14.1. The molecule has 0 radical (unpaired) electrons. The number of pyridine rings is 2. The van der Waals surface area contributed by atoms with Crippen molar-refractivity contribution in [1.29, 1.82) is 0 Å². The van der Waals surface area contributed by atoms with Gasteiger partial charge in [0.25, 0.3) is 0 Å². The first-order valence-corrected chi connectivity index (χ1v) is 16.7. The number of aromatic nitrogens is 2. The summed E-state index contributed by atoms with van der Waals surface area (Å²) in [4.78, 5) is 49.7. The predicted octanol–water partition coefficient (Wildman–Crippen LogP) is 4.24. The van der Waals surface area contributed by atoms with Crippen molar-refractivity contribution < 1.29 is 24.2 Å². The number of carbonyl (C=O) groups is 3. The Bertz CT molecular complexity index is 1630. The van der Waals surface area contributed by atoms with E-state index in [0.717, 1.165) is 16.7 Å². The standard InChI is InChI=1S/C38H47N7O5/c1-26(2)35(44-37(48)45(3)24-31-17-16-30(39)23-41-31)36(47)42-32(19-27-11-6-4-7-12-27)21-34(46)33(20-28-13-8-5-9-14-28)43-38(49)50-25-29-15-10-18-40-22-29/h4-18,22-23,26,32-35,46H,19-21,24-25,39H2,1-3H3,(H,42,47)(H,43,49)(H,44,48)/t32-,33-,34-,35?/m0/s1. The van der Waals surface area contributed by atoms with E-state index in [1.54, 1.807) is 43.7 Å². The number of nitrogens with one attached hydrogen (secondary N) is 3. The number of urea groups is 1. The van der Waals surface area contributed by atoms with E-state index >= 15 is 0 Å². The molecule has 50 heavy (non-hydrogen) atoms. The van der Waals surface area contributed by atoms with Gasteiger partial charge in [-0.15, -0.1) is 0 Å². The summed E-state index contributed by atoms with van der Waals surface area (Å²) in [7, 11) is 1.62. The molecule has 4 atom stereocenters. The average Bonchev–Trinajstić information content (AvgIpc) is 3.11. The van der Waals surface area contributed by atoms with Gasteiger partial charge >= 0.3 is 12.1 Å². The molecular formula is C38H47N7O5. The number of nitrogens with zero attached hydrogens (tertiary/aromatic N) is 3. The Morgan fingerprint density at radius 3 is 2.10 bits per heavy atom. The fourth-order valence-corrected chi connectivity index (χ4v) is 5.44. The molecule has 2 heterocycles. The first kappa shape index (κ1) is 37.3. The molecule has 0 saturated heterocycles. The number of anilines is 1. The molecule has 264 valence electrons. The molecule has 1 unspecified atom stereocenters. The number of aliphatic hydroxyl groups is 1. The van der Waals surface area contributed by atoms with Gasteiger partial charge in [-0.1, -0.05) is 80.6 Å². The number of nitrogens with two attached hydrogens (primary N) is 1. The highest BCUT2D eigenvalue weighted by molar-refractivity contribution is 5.87. The van der Waals surface area contributed by atoms with Gasteiger partial charge in [-0.2, -0.15) is 0 Å². The third kappa shape index (κ3) is 12.2. The van der Waals surface area contributed by atoms with Gasteiger partial charge in [-0.3, -0.25) is 14.8 Å². The van der Waals surface area contributed by atoms with Gasteiger partial charge in [0, 0.05) is 31.0 Å². The van der Waals surface area contributed by atoms with Gasteiger partial charge in [-0.25, -0.2) is 9.59 Å². The molecule has 2 aromatic heterocycles. The minimum absolute atomic E-state index is 0.0223. The minimum atomic E-state index is -1.07. The maximum absolute atomic E-state index is 13.8. The van der Waals surface area contributed by atoms with Crippen molar-refractivity contribution in [3.05, 3.63) is 126 Å². The van der Waals surface area contributed by atoms with Crippen molar-refractivity contribution in [3.63, 3.8) is 0 Å². The van der Waals surface area contributed by atoms with Crippen molar-refractivity contribution in [2.45, 2.75) is 70.5 Å². The van der Waals surface area contributed by atoms with Gasteiger partial charge < -0.3 is 36.4 Å². The third-order valence-corrected chi connectivity index (χ3v) is 8.18. The van der Waals surface area contributed by atoms with Gasteiger partial charge in [0.2, 0.25) is 5.91 Å².